The fourth-order valence-electron chi connectivity index (χ4n) is 2.73. The van der Waals surface area contributed by atoms with Crippen LogP contribution in [0.4, 0.5) is 21.5 Å². The highest BCUT2D eigenvalue weighted by Crippen LogP contribution is 2.29. The highest BCUT2D eigenvalue weighted by Gasteiger charge is 2.13. The van der Waals surface area contributed by atoms with Crippen molar-refractivity contribution in [2.45, 2.75) is 6.92 Å². The van der Waals surface area contributed by atoms with Gasteiger partial charge < -0.3 is 20.7 Å². The second-order valence-corrected chi connectivity index (χ2v) is 7.16. The van der Waals surface area contributed by atoms with Gasteiger partial charge in [0.25, 0.3) is 5.91 Å². The minimum absolute atomic E-state index is 0.0408. The standard InChI is InChI=1S/C22H19ClFN3O2S/c1-13-16(23)7-5-9-18(13)26-22(30)27-19-11-10-14(12-20(19)29-2)25-21(28)15-6-3-4-8-17(15)24/h3-12H,1-2H3,(H,25,28)(H2,26,27,30). The van der Waals surface area contributed by atoms with E-state index >= 15 is 0 Å². The Morgan fingerprint density at radius 1 is 1.00 bits per heavy atom. The van der Waals surface area contributed by atoms with Gasteiger partial charge in [0, 0.05) is 22.5 Å². The summed E-state index contributed by atoms with van der Waals surface area (Å²) in [6.45, 7) is 1.89. The van der Waals surface area contributed by atoms with E-state index in [1.165, 1.54) is 25.3 Å². The SMILES string of the molecule is COc1cc(NC(=O)c2ccccc2F)ccc1NC(=S)Nc1cccc(Cl)c1C. The van der Waals surface area contributed by atoms with Gasteiger partial charge >= 0.3 is 0 Å². The van der Waals surface area contributed by atoms with Crippen molar-refractivity contribution in [2.24, 2.45) is 0 Å². The molecule has 0 heterocycles. The number of carbonyl (C=O) groups excluding carboxylic acids is 1. The van der Waals surface area contributed by atoms with Gasteiger partial charge in [0.2, 0.25) is 0 Å². The predicted octanol–water partition coefficient (Wildman–Crippen LogP) is 5.86. The molecule has 5 nitrogen and oxygen atoms in total. The summed E-state index contributed by atoms with van der Waals surface area (Å²) in [6, 6.07) is 16.3. The van der Waals surface area contributed by atoms with Crippen molar-refractivity contribution in [3.05, 3.63) is 82.6 Å². The van der Waals surface area contributed by atoms with Crippen molar-refractivity contribution in [1.29, 1.82) is 0 Å². The maximum absolute atomic E-state index is 13.8. The largest absolute Gasteiger partial charge is 0.494 e. The number of benzene rings is 3. The Bertz CT molecular complexity index is 1110. The fourth-order valence-corrected chi connectivity index (χ4v) is 3.13. The van der Waals surface area contributed by atoms with Gasteiger partial charge in [-0.1, -0.05) is 29.8 Å². The molecule has 0 saturated carbocycles. The summed E-state index contributed by atoms with van der Waals surface area (Å²) in [7, 11) is 1.50. The van der Waals surface area contributed by atoms with Gasteiger partial charge in [-0.2, -0.15) is 0 Å². The topological polar surface area (TPSA) is 62.4 Å². The highest BCUT2D eigenvalue weighted by molar-refractivity contribution is 7.80. The minimum Gasteiger partial charge on any atom is -0.494 e. The van der Waals surface area contributed by atoms with Crippen molar-refractivity contribution in [3.63, 3.8) is 0 Å². The second-order valence-electron chi connectivity index (χ2n) is 6.34. The number of thiocarbonyl (C=S) groups is 1. The summed E-state index contributed by atoms with van der Waals surface area (Å²) in [6.07, 6.45) is 0. The van der Waals surface area contributed by atoms with E-state index in [0.717, 1.165) is 11.3 Å². The van der Waals surface area contributed by atoms with Crippen LogP contribution in [-0.4, -0.2) is 18.1 Å². The number of carbonyl (C=O) groups is 1. The number of ether oxygens (including phenoxy) is 1. The molecule has 8 heteroatoms. The van der Waals surface area contributed by atoms with E-state index in [-0.39, 0.29) is 5.56 Å². The van der Waals surface area contributed by atoms with E-state index < -0.39 is 11.7 Å². The Morgan fingerprint density at radius 3 is 2.47 bits per heavy atom. The summed E-state index contributed by atoms with van der Waals surface area (Å²) < 4.78 is 19.2. The molecule has 3 aromatic carbocycles. The van der Waals surface area contributed by atoms with Gasteiger partial charge in [0.1, 0.15) is 11.6 Å². The zero-order valence-corrected chi connectivity index (χ0v) is 17.8. The molecule has 3 N–H and O–H groups in total. The Labute approximate surface area is 184 Å². The highest BCUT2D eigenvalue weighted by atomic mass is 35.5. The first kappa shape index (κ1) is 21.5. The molecule has 0 atom stereocenters. The van der Waals surface area contributed by atoms with Crippen molar-refractivity contribution >= 4 is 51.9 Å². The molecule has 30 heavy (non-hydrogen) atoms. The number of hydrogen-bond donors (Lipinski definition) is 3. The normalized spacial score (nSPS) is 10.3. The van der Waals surface area contributed by atoms with Crippen LogP contribution in [0.25, 0.3) is 0 Å². The van der Waals surface area contributed by atoms with E-state index in [9.17, 15) is 9.18 Å². The summed E-state index contributed by atoms with van der Waals surface area (Å²) in [5, 5.41) is 9.79. The van der Waals surface area contributed by atoms with Crippen LogP contribution in [0.2, 0.25) is 5.02 Å². The Balaban J connectivity index is 1.72. The zero-order chi connectivity index (χ0) is 21.7. The molecule has 0 radical (unpaired) electrons. The average molecular weight is 444 g/mol. The molecular formula is C22H19ClFN3O2S. The van der Waals surface area contributed by atoms with Crippen LogP contribution in [-0.2, 0) is 0 Å². The molecule has 0 aliphatic heterocycles. The molecule has 0 spiro atoms. The number of hydrogen-bond acceptors (Lipinski definition) is 3. The maximum atomic E-state index is 13.8. The van der Waals surface area contributed by atoms with E-state index in [1.54, 1.807) is 30.3 Å². The van der Waals surface area contributed by atoms with Crippen LogP contribution in [0.1, 0.15) is 15.9 Å². The second kappa shape index (κ2) is 9.56. The van der Waals surface area contributed by atoms with Crippen LogP contribution in [0, 0.1) is 12.7 Å². The van der Waals surface area contributed by atoms with Crippen molar-refractivity contribution in [2.75, 3.05) is 23.1 Å². The molecule has 1 amide bonds. The molecule has 0 aliphatic rings. The van der Waals surface area contributed by atoms with E-state index in [0.29, 0.717) is 27.3 Å². The van der Waals surface area contributed by atoms with Crippen molar-refractivity contribution in [3.8, 4) is 5.75 Å². The molecule has 0 bridgehead atoms. The zero-order valence-electron chi connectivity index (χ0n) is 16.3. The van der Waals surface area contributed by atoms with E-state index in [1.807, 2.05) is 19.1 Å². The molecule has 0 aromatic heterocycles. The third kappa shape index (κ3) is 5.06. The fraction of sp³-hybridized carbons (Fsp3) is 0.0909. The molecule has 0 fully saturated rings. The maximum Gasteiger partial charge on any atom is 0.258 e. The summed E-state index contributed by atoms with van der Waals surface area (Å²) in [4.78, 5) is 12.3. The van der Waals surface area contributed by atoms with E-state index in [2.05, 4.69) is 16.0 Å². The van der Waals surface area contributed by atoms with Crippen molar-refractivity contribution in [1.82, 2.24) is 0 Å². The van der Waals surface area contributed by atoms with Crippen LogP contribution in [0.15, 0.2) is 60.7 Å². The molecular weight excluding hydrogens is 425 g/mol. The number of amides is 1. The number of nitrogens with one attached hydrogen (secondary N) is 3. The number of halogens is 2. The first-order chi connectivity index (χ1) is 14.4. The van der Waals surface area contributed by atoms with Gasteiger partial charge in [0.15, 0.2) is 5.11 Å². The smallest absolute Gasteiger partial charge is 0.258 e. The van der Waals surface area contributed by atoms with Crippen LogP contribution in [0.3, 0.4) is 0 Å². The number of methoxy groups -OCH3 is 1. The van der Waals surface area contributed by atoms with E-state index in [4.69, 9.17) is 28.6 Å². The summed E-state index contributed by atoms with van der Waals surface area (Å²) >= 11 is 11.5. The van der Waals surface area contributed by atoms with Gasteiger partial charge in [-0.25, -0.2) is 4.39 Å². The van der Waals surface area contributed by atoms with Crippen molar-refractivity contribution < 1.29 is 13.9 Å². The lowest BCUT2D eigenvalue weighted by Gasteiger charge is -2.16. The average Bonchev–Trinajstić information content (AvgIpc) is 2.72. The van der Waals surface area contributed by atoms with Gasteiger partial charge in [0.05, 0.1) is 18.4 Å². The molecule has 0 saturated heterocycles. The third-order valence-corrected chi connectivity index (χ3v) is 4.96. The van der Waals surface area contributed by atoms with Crippen LogP contribution >= 0.6 is 23.8 Å². The first-order valence-corrected chi connectivity index (χ1v) is 9.74. The predicted molar refractivity (Wildman–Crippen MR) is 123 cm³/mol. The van der Waals surface area contributed by atoms with Gasteiger partial charge in [-0.05, 0) is 61.1 Å². The third-order valence-electron chi connectivity index (χ3n) is 4.34. The summed E-state index contributed by atoms with van der Waals surface area (Å²) in [5.74, 6) is -0.689. The molecule has 154 valence electrons. The molecule has 0 aliphatic carbocycles. The molecule has 3 rings (SSSR count). The first-order valence-electron chi connectivity index (χ1n) is 8.96. The van der Waals surface area contributed by atoms with Crippen LogP contribution in [0.5, 0.6) is 5.75 Å². The van der Waals surface area contributed by atoms with Crippen LogP contribution < -0.4 is 20.7 Å². The number of rotatable bonds is 5. The monoisotopic (exact) mass is 443 g/mol. The minimum atomic E-state index is -0.590. The Morgan fingerprint density at radius 2 is 1.73 bits per heavy atom. The summed E-state index contributed by atoms with van der Waals surface area (Å²) in [5.41, 5.74) is 2.67. The number of anilines is 3. The molecule has 3 aromatic rings. The van der Waals surface area contributed by atoms with Gasteiger partial charge in [-0.15, -0.1) is 0 Å². The lowest BCUT2D eigenvalue weighted by atomic mass is 10.2. The van der Waals surface area contributed by atoms with Gasteiger partial charge in [-0.3, -0.25) is 4.79 Å². The Kier molecular flexibility index (Phi) is 6.87. The lowest BCUT2D eigenvalue weighted by Crippen LogP contribution is -2.20. The molecule has 0 unspecified atom stereocenters. The quantitative estimate of drug-likeness (QED) is 0.431. The lowest BCUT2D eigenvalue weighted by molar-refractivity contribution is 0.102. The Hall–Kier alpha value is -3.16.